The van der Waals surface area contributed by atoms with Crippen LogP contribution >= 0.6 is 0 Å². The van der Waals surface area contributed by atoms with Gasteiger partial charge in [-0.2, -0.15) is 0 Å². The van der Waals surface area contributed by atoms with Crippen LogP contribution in [0.25, 0.3) is 0 Å². The van der Waals surface area contributed by atoms with Crippen LogP contribution in [-0.2, 0) is 46.2 Å². The number of aromatic nitrogens is 3. The van der Waals surface area contributed by atoms with Gasteiger partial charge < -0.3 is 69.1 Å². The summed E-state index contributed by atoms with van der Waals surface area (Å²) in [6, 6.07) is 6.88. The van der Waals surface area contributed by atoms with Gasteiger partial charge in [0.25, 0.3) is 0 Å². The number of nitrogens with zero attached hydrogens (tertiary/aromatic N) is 5. The number of aryl methyl sites for hydroxylation is 1. The van der Waals surface area contributed by atoms with Crippen LogP contribution in [-0.4, -0.2) is 176 Å². The highest BCUT2D eigenvalue weighted by Gasteiger charge is 2.52. The van der Waals surface area contributed by atoms with Crippen molar-refractivity contribution in [1.29, 1.82) is 0 Å². The van der Waals surface area contributed by atoms with Crippen molar-refractivity contribution < 1.29 is 58.4 Å². The molecule has 18 nitrogen and oxygen atoms in total. The number of likely N-dealkylation sites (N-methyl/N-ethyl adjacent to an activating group) is 2. The minimum atomic E-state index is -1.80. The lowest BCUT2D eigenvalue weighted by Gasteiger charge is -2.48. The average molecular weight is 963 g/mol. The number of cyclic esters (lactones) is 1. The Morgan fingerprint density at radius 2 is 1.65 bits per heavy atom. The Labute approximate surface area is 405 Å². The van der Waals surface area contributed by atoms with Gasteiger partial charge in [-0.25, -0.2) is 0 Å². The smallest absolute Gasteiger partial charge is 0.311 e. The molecule has 0 amide bonds. The number of benzene rings is 1. The molecule has 1 aromatic carbocycles. The van der Waals surface area contributed by atoms with Gasteiger partial charge in [-0.3, -0.25) is 9.48 Å². The van der Waals surface area contributed by atoms with Crippen molar-refractivity contribution in [3.63, 3.8) is 0 Å². The Morgan fingerprint density at radius 3 is 2.31 bits per heavy atom. The predicted molar refractivity (Wildman–Crippen MR) is 256 cm³/mol. The van der Waals surface area contributed by atoms with Crippen LogP contribution in [0.2, 0.25) is 0 Å². The highest BCUT2D eigenvalue weighted by Crippen LogP contribution is 2.40. The number of rotatable bonds is 15. The number of hydrogen-bond donors (Lipinski definition) is 5. The van der Waals surface area contributed by atoms with Crippen molar-refractivity contribution >= 4 is 11.7 Å². The Kier molecular flexibility index (Phi) is 19.7. The molecule has 2 aromatic rings. The van der Waals surface area contributed by atoms with Gasteiger partial charge in [0, 0.05) is 82.3 Å². The third kappa shape index (κ3) is 14.1. The second-order valence-electron chi connectivity index (χ2n) is 21.1. The van der Waals surface area contributed by atoms with E-state index in [1.54, 1.807) is 34.6 Å². The first kappa shape index (κ1) is 55.9. The van der Waals surface area contributed by atoms with Crippen molar-refractivity contribution in [3.8, 4) is 5.75 Å². The largest absolute Gasteiger partial charge is 0.494 e. The summed E-state index contributed by atoms with van der Waals surface area (Å²) in [6.45, 7) is 20.5. The monoisotopic (exact) mass is 963 g/mol. The van der Waals surface area contributed by atoms with Gasteiger partial charge in [-0.05, 0) is 112 Å². The highest BCUT2D eigenvalue weighted by molar-refractivity contribution is 5.73. The van der Waals surface area contributed by atoms with E-state index in [1.165, 1.54) is 14.0 Å². The first-order chi connectivity index (χ1) is 31.9. The summed E-state index contributed by atoms with van der Waals surface area (Å²) in [4.78, 5) is 18.7. The standard InChI is InChI=1S/C50H86N6O12/c1-14-40-50(10,61)44(57)34(6)55(12)28-30(2)26-48(8,60)46(32(4)43(33(5)47(59)66-40)67-42-27-49(9,62-13)45(58)35(7)65-42)68-41-25-38(24-31(3)64-41)54(11)22-20-37-29-56(53-52-37)21-15-23-63-39-18-16-36(51)17-19-39/h16-19,29-35,38,40-46,57-58,60-61H,14-15,20-28,51H2,1-13H3/t30-,31-,32+,33-,34-,35+,38+,40-,41+,42+,43+,44-,45+,46-,48-,49-,50-/m1/s1. The number of ether oxygens (including phenoxy) is 7. The third-order valence-electron chi connectivity index (χ3n) is 15.0. The number of hydrogen-bond acceptors (Lipinski definition) is 17. The fourth-order valence-corrected chi connectivity index (χ4v) is 10.6. The van der Waals surface area contributed by atoms with E-state index < -0.39 is 89.9 Å². The van der Waals surface area contributed by atoms with Crippen molar-refractivity contribution in [3.05, 3.63) is 36.2 Å². The Bertz CT molecular complexity index is 1850. The number of aliphatic hydroxyl groups excluding tert-OH is 2. The van der Waals surface area contributed by atoms with Gasteiger partial charge in [0.15, 0.2) is 12.6 Å². The van der Waals surface area contributed by atoms with Crippen LogP contribution in [0.5, 0.6) is 5.75 Å². The zero-order valence-corrected chi connectivity index (χ0v) is 43.1. The van der Waals surface area contributed by atoms with E-state index >= 15 is 0 Å². The van der Waals surface area contributed by atoms with Gasteiger partial charge in [-0.15, -0.1) is 5.10 Å². The van der Waals surface area contributed by atoms with Crippen molar-refractivity contribution in [2.24, 2.45) is 17.8 Å². The molecule has 0 aliphatic carbocycles. The molecule has 5 rings (SSSR count). The maximum absolute atomic E-state index is 14.4. The fourth-order valence-electron chi connectivity index (χ4n) is 10.6. The van der Waals surface area contributed by atoms with Crippen molar-refractivity contribution in [1.82, 2.24) is 24.8 Å². The molecule has 4 heterocycles. The van der Waals surface area contributed by atoms with E-state index in [2.05, 4.69) is 22.3 Å². The van der Waals surface area contributed by atoms with E-state index in [-0.39, 0.29) is 37.3 Å². The molecule has 0 saturated carbocycles. The van der Waals surface area contributed by atoms with E-state index in [0.717, 1.165) is 30.8 Å². The number of aliphatic hydroxyl groups is 4. The molecule has 68 heavy (non-hydrogen) atoms. The van der Waals surface area contributed by atoms with Crippen LogP contribution in [0.1, 0.15) is 113 Å². The number of anilines is 1. The second-order valence-corrected chi connectivity index (χ2v) is 21.1. The van der Waals surface area contributed by atoms with Crippen molar-refractivity contribution in [2.45, 2.75) is 205 Å². The summed E-state index contributed by atoms with van der Waals surface area (Å²) in [6.07, 6.45) is -2.31. The molecular formula is C50H86N6O12. The summed E-state index contributed by atoms with van der Waals surface area (Å²) in [5.74, 6) is -1.67. The molecule has 3 aliphatic rings. The van der Waals surface area contributed by atoms with Crippen molar-refractivity contribution in [2.75, 3.05) is 46.6 Å². The lowest BCUT2D eigenvalue weighted by atomic mass is 9.77. The first-order valence-corrected chi connectivity index (χ1v) is 24.8. The fraction of sp³-hybridized carbons (Fsp3) is 0.820. The maximum Gasteiger partial charge on any atom is 0.311 e. The Balaban J connectivity index is 1.37. The average Bonchev–Trinajstić information content (AvgIpc) is 3.75. The van der Waals surface area contributed by atoms with E-state index in [9.17, 15) is 25.2 Å². The topological polar surface area (TPSA) is 226 Å². The van der Waals surface area contributed by atoms with Crippen LogP contribution in [0.3, 0.4) is 0 Å². The van der Waals surface area contributed by atoms with Gasteiger partial charge in [-0.1, -0.05) is 26.0 Å². The number of nitrogens with two attached hydrogens (primary N) is 1. The van der Waals surface area contributed by atoms with E-state index in [4.69, 9.17) is 38.9 Å². The number of carbonyl (C=O) groups is 1. The minimum absolute atomic E-state index is 0.0716. The van der Waals surface area contributed by atoms with Gasteiger partial charge in [0.1, 0.15) is 29.7 Å². The zero-order chi connectivity index (χ0) is 50.3. The SMILES string of the molecule is CC[C@H]1OC(=O)[C@H](C)[C@@H](O[C@H]2C[C@@](C)(OC)[C@@H](O)[C@H](C)O2)[C@H](C)[C@@H](O[C@H]2C[C@@H](N(C)CCc3cn(CCCOc4ccc(N)cc4)nn3)C[C@@H](C)O2)[C@](C)(O)C[C@@H](C)CN(C)[C@H](C)[C@@H](O)[C@]1(C)O. The minimum Gasteiger partial charge on any atom is -0.494 e. The van der Waals surface area contributed by atoms with Gasteiger partial charge in [0.05, 0.1) is 53.8 Å². The summed E-state index contributed by atoms with van der Waals surface area (Å²) >= 11 is 0. The molecule has 3 saturated heterocycles. The molecule has 17 atom stereocenters. The molecular weight excluding hydrogens is 877 g/mol. The molecule has 6 N–H and O–H groups in total. The lowest BCUT2D eigenvalue weighted by Crippen LogP contribution is -2.59. The second kappa shape index (κ2) is 23.9. The molecule has 1 aromatic heterocycles. The number of nitrogen functional groups attached to an aromatic ring is 1. The normalized spacial score (nSPS) is 39.5. The van der Waals surface area contributed by atoms with E-state index in [0.29, 0.717) is 38.2 Å². The lowest BCUT2D eigenvalue weighted by molar-refractivity contribution is -0.308. The third-order valence-corrected chi connectivity index (χ3v) is 15.0. The summed E-state index contributed by atoms with van der Waals surface area (Å²) in [7, 11) is 5.49. The highest BCUT2D eigenvalue weighted by atomic mass is 16.7. The molecule has 3 fully saturated rings. The van der Waals surface area contributed by atoms with Gasteiger partial charge >= 0.3 is 5.97 Å². The Morgan fingerprint density at radius 1 is 0.956 bits per heavy atom. The summed E-state index contributed by atoms with van der Waals surface area (Å²) in [5.41, 5.74) is 3.04. The number of esters is 1. The van der Waals surface area contributed by atoms with Crippen LogP contribution in [0.4, 0.5) is 5.69 Å². The van der Waals surface area contributed by atoms with Crippen LogP contribution in [0, 0.1) is 17.8 Å². The maximum atomic E-state index is 14.4. The van der Waals surface area contributed by atoms with Crippen LogP contribution < -0.4 is 10.5 Å². The number of methoxy groups -OCH3 is 1. The molecule has 388 valence electrons. The molecule has 0 spiro atoms. The zero-order valence-electron chi connectivity index (χ0n) is 43.1. The quantitative estimate of drug-likeness (QED) is 0.0959. The van der Waals surface area contributed by atoms with Crippen LogP contribution in [0.15, 0.2) is 30.5 Å². The molecule has 3 aliphatic heterocycles. The van der Waals surface area contributed by atoms with Gasteiger partial charge in [0.2, 0.25) is 0 Å². The molecule has 0 bridgehead atoms. The predicted octanol–water partition coefficient (Wildman–Crippen LogP) is 4.19. The summed E-state index contributed by atoms with van der Waals surface area (Å²) in [5, 5.41) is 56.2. The first-order valence-electron chi connectivity index (χ1n) is 24.8. The number of carbonyl (C=O) groups excluding carboxylic acids is 1. The Hall–Kier alpha value is -3.01. The molecule has 0 unspecified atom stereocenters. The summed E-state index contributed by atoms with van der Waals surface area (Å²) < 4.78 is 46.3. The molecule has 18 heteroatoms. The van der Waals surface area contributed by atoms with E-state index in [1.807, 2.05) is 74.8 Å². The molecule has 0 radical (unpaired) electrons.